The lowest BCUT2D eigenvalue weighted by Crippen LogP contribution is -2.45. The molecule has 0 spiro atoms. The molecule has 1 aliphatic heterocycles. The number of rotatable bonds is 13. The molecule has 218 valence electrons. The van der Waals surface area contributed by atoms with Gasteiger partial charge in [-0.1, -0.05) is 24.3 Å². The van der Waals surface area contributed by atoms with Gasteiger partial charge in [0.15, 0.2) is 0 Å². The standard InChI is InChI=1S/C31H37FN4O4S/c1-23(20-35-14-16-39-17-15-35)40-31(38)29(11-18-41-2)34-30(37)26-5-3-24(4-6-26)19-27(21-36-13-12-33-22-36)25-7-9-28(32)10-8-25/h3-10,12-13,19,22-23,29H,11,14-18,20-21H2,1-2H3,(H,34,37)/t23?,29-/m0/s1. The number of halogens is 1. The van der Waals surface area contributed by atoms with Gasteiger partial charge in [0.1, 0.15) is 18.0 Å². The summed E-state index contributed by atoms with van der Waals surface area (Å²) in [4.78, 5) is 32.4. The van der Waals surface area contributed by atoms with Crippen LogP contribution in [-0.2, 0) is 20.8 Å². The number of aromatic nitrogens is 2. The Hall–Kier alpha value is -3.47. The van der Waals surface area contributed by atoms with E-state index < -0.39 is 12.0 Å². The molecule has 8 nitrogen and oxygen atoms in total. The SMILES string of the molecule is CSCC[C@H](NC(=O)c1ccc(C=C(Cn2ccnc2)c2ccc(F)cc2)cc1)C(=O)OC(C)CN1CCOCC1. The van der Waals surface area contributed by atoms with Gasteiger partial charge in [-0.2, -0.15) is 11.8 Å². The molecule has 2 atom stereocenters. The molecule has 1 aliphatic rings. The highest BCUT2D eigenvalue weighted by Gasteiger charge is 2.25. The number of nitrogens with one attached hydrogen (secondary N) is 1. The molecule has 10 heteroatoms. The summed E-state index contributed by atoms with van der Waals surface area (Å²) >= 11 is 1.61. The predicted octanol–water partition coefficient (Wildman–Crippen LogP) is 4.38. The van der Waals surface area contributed by atoms with Crippen LogP contribution >= 0.6 is 11.8 Å². The lowest BCUT2D eigenvalue weighted by molar-refractivity contribution is -0.151. The summed E-state index contributed by atoms with van der Waals surface area (Å²) in [5, 5.41) is 2.88. The number of carbonyl (C=O) groups excluding carboxylic acids is 2. The maximum Gasteiger partial charge on any atom is 0.328 e. The molecule has 0 aliphatic carbocycles. The first-order chi connectivity index (χ1) is 19.9. The zero-order valence-electron chi connectivity index (χ0n) is 23.5. The summed E-state index contributed by atoms with van der Waals surface area (Å²) in [6.45, 7) is 6.05. The average molecular weight is 581 g/mol. The van der Waals surface area contributed by atoms with Crippen molar-refractivity contribution in [1.82, 2.24) is 19.8 Å². The number of thioether (sulfide) groups is 1. The normalized spacial score (nSPS) is 15.7. The van der Waals surface area contributed by atoms with Gasteiger partial charge in [-0.25, -0.2) is 14.2 Å². The molecule has 3 aromatic rings. The number of hydrogen-bond acceptors (Lipinski definition) is 7. The number of carbonyl (C=O) groups is 2. The van der Waals surface area contributed by atoms with Crippen LogP contribution in [0.1, 0.15) is 34.8 Å². The van der Waals surface area contributed by atoms with Crippen LogP contribution in [0.4, 0.5) is 4.39 Å². The second-order valence-electron chi connectivity index (χ2n) is 10.0. The van der Waals surface area contributed by atoms with E-state index in [4.69, 9.17) is 9.47 Å². The van der Waals surface area contributed by atoms with Crippen LogP contribution in [-0.4, -0.2) is 83.3 Å². The minimum atomic E-state index is -0.734. The largest absolute Gasteiger partial charge is 0.460 e. The van der Waals surface area contributed by atoms with E-state index in [1.807, 2.05) is 42.2 Å². The zero-order chi connectivity index (χ0) is 29.0. The van der Waals surface area contributed by atoms with Crippen LogP contribution in [0.5, 0.6) is 0 Å². The Bertz CT molecular complexity index is 1280. The van der Waals surface area contributed by atoms with Gasteiger partial charge in [0.25, 0.3) is 5.91 Å². The van der Waals surface area contributed by atoms with Gasteiger partial charge in [-0.05, 0) is 72.4 Å². The maximum atomic E-state index is 13.5. The third-order valence-corrected chi connectivity index (χ3v) is 7.42. The van der Waals surface area contributed by atoms with Crippen molar-refractivity contribution in [2.45, 2.75) is 32.0 Å². The molecule has 1 amide bonds. The van der Waals surface area contributed by atoms with E-state index in [0.29, 0.717) is 44.0 Å². The van der Waals surface area contributed by atoms with Crippen LogP contribution in [0.3, 0.4) is 0 Å². The monoisotopic (exact) mass is 580 g/mol. The van der Waals surface area contributed by atoms with E-state index in [1.165, 1.54) is 12.1 Å². The van der Waals surface area contributed by atoms with Crippen molar-refractivity contribution in [2.75, 3.05) is 44.9 Å². The number of imidazole rings is 1. The summed E-state index contributed by atoms with van der Waals surface area (Å²) in [7, 11) is 0. The Morgan fingerprint density at radius 3 is 2.49 bits per heavy atom. The van der Waals surface area contributed by atoms with Crippen LogP contribution in [0.2, 0.25) is 0 Å². The van der Waals surface area contributed by atoms with E-state index in [0.717, 1.165) is 29.8 Å². The minimum absolute atomic E-state index is 0.294. The highest BCUT2D eigenvalue weighted by molar-refractivity contribution is 7.98. The number of ether oxygens (including phenoxy) is 2. The fraction of sp³-hybridized carbons (Fsp3) is 0.387. The van der Waals surface area contributed by atoms with Crippen LogP contribution < -0.4 is 5.32 Å². The highest BCUT2D eigenvalue weighted by atomic mass is 32.2. The van der Waals surface area contributed by atoms with Gasteiger partial charge in [-0.3, -0.25) is 9.69 Å². The summed E-state index contributed by atoms with van der Waals surface area (Å²) < 4.78 is 26.6. The molecule has 1 N–H and O–H groups in total. The number of nitrogens with zero attached hydrogens (tertiary/aromatic N) is 3. The number of benzene rings is 2. The van der Waals surface area contributed by atoms with Gasteiger partial charge in [0.05, 0.1) is 19.5 Å². The molecule has 1 saturated heterocycles. The van der Waals surface area contributed by atoms with E-state index >= 15 is 0 Å². The third-order valence-electron chi connectivity index (χ3n) is 6.78. The molecule has 0 bridgehead atoms. The molecule has 0 saturated carbocycles. The molecule has 2 heterocycles. The van der Waals surface area contributed by atoms with Crippen LogP contribution in [0, 0.1) is 5.82 Å². The molecule has 4 rings (SSSR count). The van der Waals surface area contributed by atoms with Crippen molar-refractivity contribution in [2.24, 2.45) is 0 Å². The molecular weight excluding hydrogens is 543 g/mol. The fourth-order valence-electron chi connectivity index (χ4n) is 4.58. The molecule has 2 aromatic carbocycles. The lowest BCUT2D eigenvalue weighted by atomic mass is 10.0. The van der Waals surface area contributed by atoms with Gasteiger partial charge in [0, 0.05) is 44.1 Å². The van der Waals surface area contributed by atoms with Crippen molar-refractivity contribution >= 4 is 35.3 Å². The highest BCUT2D eigenvalue weighted by Crippen LogP contribution is 2.21. The number of esters is 1. The van der Waals surface area contributed by atoms with Crippen molar-refractivity contribution in [3.05, 3.63) is 89.8 Å². The number of amides is 1. The number of hydrogen-bond donors (Lipinski definition) is 1. The Morgan fingerprint density at radius 1 is 1.12 bits per heavy atom. The average Bonchev–Trinajstić information content (AvgIpc) is 3.49. The quantitative estimate of drug-likeness (QED) is 0.237. The minimum Gasteiger partial charge on any atom is -0.460 e. The smallest absolute Gasteiger partial charge is 0.328 e. The molecule has 0 radical (unpaired) electrons. The summed E-state index contributed by atoms with van der Waals surface area (Å²) in [6, 6.07) is 12.8. The molecule has 41 heavy (non-hydrogen) atoms. The third kappa shape index (κ3) is 9.55. The number of morpholine rings is 1. The van der Waals surface area contributed by atoms with E-state index in [1.54, 1.807) is 48.6 Å². The first-order valence-electron chi connectivity index (χ1n) is 13.7. The molecule has 1 fully saturated rings. The molecule has 1 unspecified atom stereocenters. The molecular formula is C31H37FN4O4S. The summed E-state index contributed by atoms with van der Waals surface area (Å²) in [5.74, 6) is -0.333. The van der Waals surface area contributed by atoms with Crippen molar-refractivity contribution in [3.63, 3.8) is 0 Å². The van der Waals surface area contributed by atoms with Crippen LogP contribution in [0.15, 0.2) is 67.3 Å². The first-order valence-corrected chi connectivity index (χ1v) is 15.1. The summed E-state index contributed by atoms with van der Waals surface area (Å²) in [6.07, 6.45) is 9.46. The Kier molecular flexibility index (Phi) is 11.5. The van der Waals surface area contributed by atoms with Crippen LogP contribution in [0.25, 0.3) is 11.6 Å². The van der Waals surface area contributed by atoms with E-state index in [2.05, 4.69) is 15.2 Å². The van der Waals surface area contributed by atoms with E-state index in [9.17, 15) is 14.0 Å². The Labute approximate surface area is 244 Å². The van der Waals surface area contributed by atoms with Crippen molar-refractivity contribution in [1.29, 1.82) is 0 Å². The second kappa shape index (κ2) is 15.5. The second-order valence-corrected chi connectivity index (χ2v) is 11.0. The predicted molar refractivity (Wildman–Crippen MR) is 160 cm³/mol. The fourth-order valence-corrected chi connectivity index (χ4v) is 5.06. The van der Waals surface area contributed by atoms with Gasteiger partial charge in [-0.15, -0.1) is 0 Å². The lowest BCUT2D eigenvalue weighted by Gasteiger charge is -2.29. The van der Waals surface area contributed by atoms with Crippen molar-refractivity contribution in [3.8, 4) is 0 Å². The van der Waals surface area contributed by atoms with Gasteiger partial charge in [0.2, 0.25) is 0 Å². The first kappa shape index (κ1) is 30.5. The topological polar surface area (TPSA) is 85.7 Å². The Balaban J connectivity index is 1.42. The molecule has 1 aromatic heterocycles. The maximum absolute atomic E-state index is 13.5. The van der Waals surface area contributed by atoms with E-state index in [-0.39, 0.29) is 17.8 Å². The van der Waals surface area contributed by atoms with Gasteiger partial charge >= 0.3 is 5.97 Å². The van der Waals surface area contributed by atoms with Gasteiger partial charge < -0.3 is 19.4 Å². The zero-order valence-corrected chi connectivity index (χ0v) is 24.3. The number of allylic oxidation sites excluding steroid dienone is 1. The van der Waals surface area contributed by atoms with Crippen molar-refractivity contribution < 1.29 is 23.5 Å². The summed E-state index contributed by atoms with van der Waals surface area (Å²) in [5.41, 5.74) is 3.19. The Morgan fingerprint density at radius 2 is 1.83 bits per heavy atom.